The lowest BCUT2D eigenvalue weighted by atomic mass is 9.83. The Morgan fingerprint density at radius 1 is 1.28 bits per heavy atom. The van der Waals surface area contributed by atoms with Gasteiger partial charge >= 0.3 is 0 Å². The van der Waals surface area contributed by atoms with Crippen LogP contribution in [-0.2, 0) is 11.2 Å². The monoisotopic (exact) mass is 480 g/mol. The number of aliphatic imine (C=N–C) groups is 1. The number of hydrogen-bond donors (Lipinski definition) is 2. The summed E-state index contributed by atoms with van der Waals surface area (Å²) in [5.41, 5.74) is 1.53. The van der Waals surface area contributed by atoms with Crippen molar-refractivity contribution in [2.24, 2.45) is 10.4 Å². The van der Waals surface area contributed by atoms with Gasteiger partial charge in [-0.25, -0.2) is 4.98 Å². The number of rotatable bonds is 8. The highest BCUT2D eigenvalue weighted by molar-refractivity contribution is 14.0. The average Bonchev–Trinajstić information content (AvgIpc) is 3.16. The minimum absolute atomic E-state index is 0. The highest BCUT2D eigenvalue weighted by Crippen LogP contribution is 2.40. The smallest absolute Gasteiger partial charge is 0.191 e. The summed E-state index contributed by atoms with van der Waals surface area (Å²) in [4.78, 5) is 10.2. The number of nitrogens with one attached hydrogen (secondary N) is 2. The molecule has 1 aliphatic carbocycles. The molecule has 0 spiro atoms. The number of hydrogen-bond acceptors (Lipinski definition) is 4. The van der Waals surface area contributed by atoms with Crippen molar-refractivity contribution in [2.45, 2.75) is 52.4 Å². The molecule has 2 N–H and O–H groups in total. The standard InChI is InChI=1S/C18H32N4OS.HI/c1-14-16(24-15(2)22-14)7-11-20-17(19-3)21-13-18(10-12-23-4)8-5-6-9-18;/h5-13H2,1-4H3,(H2,19,20,21);1H. The van der Waals surface area contributed by atoms with Crippen molar-refractivity contribution in [3.05, 3.63) is 15.6 Å². The van der Waals surface area contributed by atoms with E-state index in [9.17, 15) is 0 Å². The first-order chi connectivity index (χ1) is 11.6. The van der Waals surface area contributed by atoms with E-state index in [1.165, 1.54) is 30.6 Å². The third-order valence-electron chi connectivity index (χ3n) is 5.00. The van der Waals surface area contributed by atoms with E-state index in [-0.39, 0.29) is 24.0 Å². The third kappa shape index (κ3) is 7.02. The Kier molecular flexibility index (Phi) is 10.3. The second-order valence-corrected chi connectivity index (χ2v) is 8.08. The summed E-state index contributed by atoms with van der Waals surface area (Å²) in [7, 11) is 3.63. The zero-order valence-electron chi connectivity index (χ0n) is 16.0. The van der Waals surface area contributed by atoms with Crippen molar-refractivity contribution in [3.8, 4) is 0 Å². The Balaban J connectivity index is 0.00000312. The molecule has 7 heteroatoms. The molecule has 1 heterocycles. The van der Waals surface area contributed by atoms with Crippen LogP contribution >= 0.6 is 35.3 Å². The second kappa shape index (κ2) is 11.3. The van der Waals surface area contributed by atoms with Gasteiger partial charge in [0.2, 0.25) is 0 Å². The predicted octanol–water partition coefficient (Wildman–Crippen LogP) is 3.68. The Bertz CT molecular complexity index is 541. The summed E-state index contributed by atoms with van der Waals surface area (Å²) >= 11 is 1.79. The van der Waals surface area contributed by atoms with Gasteiger partial charge in [0.15, 0.2) is 5.96 Å². The molecule has 5 nitrogen and oxygen atoms in total. The Hall–Kier alpha value is -0.410. The maximum Gasteiger partial charge on any atom is 0.191 e. The number of thiazole rings is 1. The predicted molar refractivity (Wildman–Crippen MR) is 117 cm³/mol. The summed E-state index contributed by atoms with van der Waals surface area (Å²) in [5.74, 6) is 0.901. The molecular formula is C18H33IN4OS. The molecule has 25 heavy (non-hydrogen) atoms. The van der Waals surface area contributed by atoms with Gasteiger partial charge in [0.25, 0.3) is 0 Å². The SMILES string of the molecule is CN=C(NCCc1sc(C)nc1C)NCC1(CCOC)CCCC1.I. The normalized spacial score (nSPS) is 16.6. The largest absolute Gasteiger partial charge is 0.385 e. The fourth-order valence-corrected chi connectivity index (χ4v) is 4.49. The molecule has 0 unspecified atom stereocenters. The first-order valence-electron chi connectivity index (χ1n) is 8.95. The quantitative estimate of drug-likeness (QED) is 0.339. The highest BCUT2D eigenvalue weighted by atomic mass is 127. The van der Waals surface area contributed by atoms with Crippen molar-refractivity contribution < 1.29 is 4.74 Å². The first-order valence-corrected chi connectivity index (χ1v) is 9.76. The van der Waals surface area contributed by atoms with E-state index in [0.717, 1.165) is 49.2 Å². The van der Waals surface area contributed by atoms with Crippen LogP contribution in [-0.4, -0.2) is 44.8 Å². The van der Waals surface area contributed by atoms with Gasteiger partial charge in [-0.1, -0.05) is 12.8 Å². The van der Waals surface area contributed by atoms with Gasteiger partial charge in [-0.3, -0.25) is 4.99 Å². The Morgan fingerprint density at radius 2 is 2.00 bits per heavy atom. The van der Waals surface area contributed by atoms with Crippen LogP contribution in [0.25, 0.3) is 0 Å². The lowest BCUT2D eigenvalue weighted by Gasteiger charge is -2.29. The molecule has 1 saturated carbocycles. The van der Waals surface area contributed by atoms with E-state index in [2.05, 4.69) is 34.5 Å². The van der Waals surface area contributed by atoms with Crippen LogP contribution in [0.5, 0.6) is 0 Å². The molecule has 144 valence electrons. The number of ether oxygens (including phenoxy) is 1. The van der Waals surface area contributed by atoms with E-state index in [0.29, 0.717) is 5.41 Å². The van der Waals surface area contributed by atoms with Crippen LogP contribution in [0.3, 0.4) is 0 Å². The van der Waals surface area contributed by atoms with Gasteiger partial charge < -0.3 is 15.4 Å². The maximum atomic E-state index is 5.31. The van der Waals surface area contributed by atoms with Crippen LogP contribution in [0, 0.1) is 19.3 Å². The van der Waals surface area contributed by atoms with Gasteiger partial charge in [0.05, 0.1) is 10.7 Å². The molecule has 0 aliphatic heterocycles. The summed E-state index contributed by atoms with van der Waals surface area (Å²) in [6.45, 7) is 6.86. The van der Waals surface area contributed by atoms with E-state index in [4.69, 9.17) is 4.74 Å². The molecule has 0 amide bonds. The highest BCUT2D eigenvalue weighted by Gasteiger charge is 2.33. The minimum atomic E-state index is 0. The molecule has 1 fully saturated rings. The van der Waals surface area contributed by atoms with Crippen molar-refractivity contribution in [3.63, 3.8) is 0 Å². The molecular weight excluding hydrogens is 447 g/mol. The van der Waals surface area contributed by atoms with Crippen molar-refractivity contribution >= 4 is 41.3 Å². The number of halogens is 1. The van der Waals surface area contributed by atoms with Gasteiger partial charge in [-0.2, -0.15) is 0 Å². The fraction of sp³-hybridized carbons (Fsp3) is 0.778. The topological polar surface area (TPSA) is 58.5 Å². The molecule has 0 radical (unpaired) electrons. The number of methoxy groups -OCH3 is 1. The lowest BCUT2D eigenvalue weighted by Crippen LogP contribution is -2.43. The van der Waals surface area contributed by atoms with E-state index in [1.807, 2.05) is 7.05 Å². The average molecular weight is 480 g/mol. The Labute approximate surface area is 173 Å². The summed E-state index contributed by atoms with van der Waals surface area (Å²) in [6, 6.07) is 0. The second-order valence-electron chi connectivity index (χ2n) is 6.79. The molecule has 0 bridgehead atoms. The third-order valence-corrected chi connectivity index (χ3v) is 6.13. The number of guanidine groups is 1. The zero-order valence-corrected chi connectivity index (χ0v) is 19.1. The van der Waals surface area contributed by atoms with Gasteiger partial charge in [0.1, 0.15) is 0 Å². The number of aryl methyl sites for hydroxylation is 2. The van der Waals surface area contributed by atoms with Crippen LogP contribution in [0.1, 0.15) is 47.7 Å². The zero-order chi connectivity index (χ0) is 17.4. The molecule has 0 aromatic carbocycles. The fourth-order valence-electron chi connectivity index (χ4n) is 3.55. The van der Waals surface area contributed by atoms with Crippen LogP contribution in [0.2, 0.25) is 0 Å². The van der Waals surface area contributed by atoms with E-state index < -0.39 is 0 Å². The van der Waals surface area contributed by atoms with E-state index >= 15 is 0 Å². The van der Waals surface area contributed by atoms with Gasteiger partial charge in [-0.05, 0) is 38.5 Å². The molecule has 1 aromatic heterocycles. The van der Waals surface area contributed by atoms with Gasteiger partial charge in [-0.15, -0.1) is 35.3 Å². The molecule has 0 saturated heterocycles. The minimum Gasteiger partial charge on any atom is -0.385 e. The molecule has 0 atom stereocenters. The summed E-state index contributed by atoms with van der Waals surface area (Å²) in [5, 5.41) is 8.12. The Morgan fingerprint density at radius 3 is 2.56 bits per heavy atom. The number of aromatic nitrogens is 1. The van der Waals surface area contributed by atoms with Gasteiger partial charge in [0, 0.05) is 45.2 Å². The van der Waals surface area contributed by atoms with Crippen LogP contribution in [0.4, 0.5) is 0 Å². The summed E-state index contributed by atoms with van der Waals surface area (Å²) in [6.07, 6.45) is 7.38. The van der Waals surface area contributed by atoms with Crippen LogP contribution < -0.4 is 10.6 Å². The van der Waals surface area contributed by atoms with Crippen molar-refractivity contribution in [1.82, 2.24) is 15.6 Å². The number of nitrogens with zero attached hydrogens (tertiary/aromatic N) is 2. The molecule has 2 rings (SSSR count). The maximum absolute atomic E-state index is 5.31. The molecule has 1 aromatic rings. The lowest BCUT2D eigenvalue weighted by molar-refractivity contribution is 0.138. The molecule has 1 aliphatic rings. The summed E-state index contributed by atoms with van der Waals surface area (Å²) < 4.78 is 5.31. The van der Waals surface area contributed by atoms with Crippen molar-refractivity contribution in [1.29, 1.82) is 0 Å². The van der Waals surface area contributed by atoms with E-state index in [1.54, 1.807) is 18.4 Å². The van der Waals surface area contributed by atoms with Crippen LogP contribution in [0.15, 0.2) is 4.99 Å². The van der Waals surface area contributed by atoms with Crippen molar-refractivity contribution in [2.75, 3.05) is 33.9 Å². The first kappa shape index (κ1) is 22.6.